The second kappa shape index (κ2) is 7.17. The molecule has 8 nitrogen and oxygen atoms in total. The third kappa shape index (κ3) is 4.11. The number of aromatic nitrogens is 2. The predicted molar refractivity (Wildman–Crippen MR) is 109 cm³/mol. The second-order valence-corrected chi connectivity index (χ2v) is 8.94. The smallest absolute Gasteiger partial charge is 0.410 e. The molecule has 0 aliphatic carbocycles. The second-order valence-electron chi connectivity index (χ2n) is 8.94. The van der Waals surface area contributed by atoms with Crippen molar-refractivity contribution in [2.45, 2.75) is 32.8 Å². The van der Waals surface area contributed by atoms with Crippen LogP contribution in [0.15, 0.2) is 24.3 Å². The number of ether oxygens (including phenoxy) is 1. The Hall–Kier alpha value is -2.90. The SMILES string of the molecule is CC(C)(C)OC(=O)N1CC2CN(c3nc(CC(N)=O)c4ccccc4n3)CC2C1. The molecule has 2 unspecified atom stereocenters. The van der Waals surface area contributed by atoms with Gasteiger partial charge in [-0.1, -0.05) is 18.2 Å². The first-order valence-corrected chi connectivity index (χ1v) is 9.96. The van der Waals surface area contributed by atoms with Crippen LogP contribution in [-0.4, -0.2) is 58.6 Å². The molecule has 2 N–H and O–H groups in total. The third-order valence-electron chi connectivity index (χ3n) is 5.43. The van der Waals surface area contributed by atoms with Gasteiger partial charge in [-0.2, -0.15) is 0 Å². The molecule has 8 heteroatoms. The topological polar surface area (TPSA) is 102 Å². The summed E-state index contributed by atoms with van der Waals surface area (Å²) < 4.78 is 5.50. The summed E-state index contributed by atoms with van der Waals surface area (Å²) in [6, 6.07) is 7.66. The number of carbonyl (C=O) groups is 2. The molecule has 4 rings (SSSR count). The lowest BCUT2D eigenvalue weighted by atomic mass is 10.0. The van der Waals surface area contributed by atoms with Gasteiger partial charge in [0.1, 0.15) is 5.60 Å². The molecule has 0 radical (unpaired) electrons. The number of amides is 2. The highest BCUT2D eigenvalue weighted by atomic mass is 16.6. The summed E-state index contributed by atoms with van der Waals surface area (Å²) in [5, 5.41) is 0.852. The summed E-state index contributed by atoms with van der Waals surface area (Å²) in [5.41, 5.74) is 6.39. The van der Waals surface area contributed by atoms with Crippen LogP contribution in [0, 0.1) is 11.8 Å². The number of carbonyl (C=O) groups excluding carboxylic acids is 2. The summed E-state index contributed by atoms with van der Waals surface area (Å²) >= 11 is 0. The lowest BCUT2D eigenvalue weighted by molar-refractivity contribution is -0.117. The normalized spacial score (nSPS) is 21.5. The first-order valence-electron chi connectivity index (χ1n) is 9.96. The number of fused-ring (bicyclic) bond motifs is 2. The maximum Gasteiger partial charge on any atom is 0.410 e. The van der Waals surface area contributed by atoms with Gasteiger partial charge < -0.3 is 20.3 Å². The van der Waals surface area contributed by atoms with E-state index in [1.807, 2.05) is 45.0 Å². The van der Waals surface area contributed by atoms with Gasteiger partial charge in [0.05, 0.1) is 17.6 Å². The molecule has 3 heterocycles. The maximum atomic E-state index is 12.4. The monoisotopic (exact) mass is 397 g/mol. The van der Waals surface area contributed by atoms with E-state index in [9.17, 15) is 9.59 Å². The first kappa shape index (κ1) is 19.4. The summed E-state index contributed by atoms with van der Waals surface area (Å²) in [4.78, 5) is 37.2. The molecule has 0 saturated carbocycles. The van der Waals surface area contributed by atoms with Gasteiger partial charge in [0.2, 0.25) is 11.9 Å². The molecule has 29 heavy (non-hydrogen) atoms. The van der Waals surface area contributed by atoms with E-state index in [2.05, 4.69) is 9.88 Å². The molecule has 2 fully saturated rings. The third-order valence-corrected chi connectivity index (χ3v) is 5.43. The minimum absolute atomic E-state index is 0.0865. The van der Waals surface area contributed by atoms with Crippen molar-refractivity contribution >= 4 is 28.9 Å². The zero-order valence-electron chi connectivity index (χ0n) is 17.1. The minimum atomic E-state index is -0.490. The number of anilines is 1. The van der Waals surface area contributed by atoms with Crippen LogP contribution in [0.2, 0.25) is 0 Å². The molecule has 2 aliphatic rings. The molecule has 154 valence electrons. The summed E-state index contributed by atoms with van der Waals surface area (Å²) in [6.07, 6.45) is -0.160. The standard InChI is InChI=1S/C21H27N5O3/c1-21(2,3)29-20(28)26-11-13-9-25(10-14(13)12-26)19-23-16-7-5-4-6-15(16)17(24-19)8-18(22)27/h4-7,13-14H,8-12H2,1-3H3,(H2,22,27). The Bertz CT molecular complexity index is 941. The number of rotatable bonds is 3. The van der Waals surface area contributed by atoms with Gasteiger partial charge in [0.25, 0.3) is 0 Å². The van der Waals surface area contributed by atoms with Crippen molar-refractivity contribution in [1.29, 1.82) is 0 Å². The molecular formula is C21H27N5O3. The summed E-state index contributed by atoms with van der Waals surface area (Å²) in [6.45, 7) is 8.55. The van der Waals surface area contributed by atoms with Crippen molar-refractivity contribution in [1.82, 2.24) is 14.9 Å². The van der Waals surface area contributed by atoms with Crippen LogP contribution in [0.25, 0.3) is 10.9 Å². The number of benzene rings is 1. The van der Waals surface area contributed by atoms with Gasteiger partial charge in [-0.05, 0) is 26.8 Å². The van der Waals surface area contributed by atoms with E-state index in [0.29, 0.717) is 36.6 Å². The Kier molecular flexibility index (Phi) is 4.80. The van der Waals surface area contributed by atoms with Crippen molar-refractivity contribution in [3.05, 3.63) is 30.0 Å². The van der Waals surface area contributed by atoms with Gasteiger partial charge in [0.15, 0.2) is 0 Å². The zero-order valence-corrected chi connectivity index (χ0v) is 17.1. The van der Waals surface area contributed by atoms with Crippen molar-refractivity contribution < 1.29 is 14.3 Å². The highest BCUT2D eigenvalue weighted by molar-refractivity contribution is 5.87. The van der Waals surface area contributed by atoms with Crippen LogP contribution in [0.3, 0.4) is 0 Å². The van der Waals surface area contributed by atoms with Crippen molar-refractivity contribution in [3.8, 4) is 0 Å². The van der Waals surface area contributed by atoms with E-state index >= 15 is 0 Å². The Morgan fingerprint density at radius 3 is 2.38 bits per heavy atom. The van der Waals surface area contributed by atoms with E-state index < -0.39 is 11.5 Å². The molecule has 0 bridgehead atoms. The van der Waals surface area contributed by atoms with Crippen molar-refractivity contribution in [2.75, 3.05) is 31.1 Å². The molecule has 2 aromatic rings. The van der Waals surface area contributed by atoms with Crippen LogP contribution in [0.1, 0.15) is 26.5 Å². The fourth-order valence-electron chi connectivity index (χ4n) is 4.20. The van der Waals surface area contributed by atoms with Gasteiger partial charge in [-0.3, -0.25) is 4.79 Å². The van der Waals surface area contributed by atoms with Crippen LogP contribution in [0.5, 0.6) is 0 Å². The van der Waals surface area contributed by atoms with Gasteiger partial charge in [-0.15, -0.1) is 0 Å². The van der Waals surface area contributed by atoms with E-state index in [1.165, 1.54) is 0 Å². The highest BCUT2D eigenvalue weighted by Crippen LogP contribution is 2.34. The molecule has 2 aliphatic heterocycles. The number of nitrogens with zero attached hydrogens (tertiary/aromatic N) is 4. The van der Waals surface area contributed by atoms with E-state index in [-0.39, 0.29) is 12.5 Å². The Labute approximate surface area is 170 Å². The van der Waals surface area contributed by atoms with Crippen LogP contribution in [0.4, 0.5) is 10.7 Å². The number of para-hydroxylation sites is 1. The van der Waals surface area contributed by atoms with Gasteiger partial charge in [0, 0.05) is 43.4 Å². The Morgan fingerprint density at radius 1 is 1.10 bits per heavy atom. The molecule has 2 saturated heterocycles. The Balaban J connectivity index is 1.50. The number of hydrogen-bond acceptors (Lipinski definition) is 6. The highest BCUT2D eigenvalue weighted by Gasteiger charge is 2.43. The van der Waals surface area contributed by atoms with E-state index in [0.717, 1.165) is 24.0 Å². The largest absolute Gasteiger partial charge is 0.444 e. The number of likely N-dealkylation sites (tertiary alicyclic amines) is 1. The minimum Gasteiger partial charge on any atom is -0.444 e. The average molecular weight is 397 g/mol. The van der Waals surface area contributed by atoms with Crippen LogP contribution < -0.4 is 10.6 Å². The lowest BCUT2D eigenvalue weighted by Gasteiger charge is -2.26. The molecular weight excluding hydrogens is 370 g/mol. The van der Waals surface area contributed by atoms with E-state index in [4.69, 9.17) is 15.5 Å². The fourth-order valence-corrected chi connectivity index (χ4v) is 4.20. The number of hydrogen-bond donors (Lipinski definition) is 1. The first-order chi connectivity index (χ1) is 13.7. The van der Waals surface area contributed by atoms with Gasteiger partial charge in [-0.25, -0.2) is 14.8 Å². The van der Waals surface area contributed by atoms with Crippen molar-refractivity contribution in [2.24, 2.45) is 17.6 Å². The molecule has 0 spiro atoms. The maximum absolute atomic E-state index is 12.4. The van der Waals surface area contributed by atoms with Crippen molar-refractivity contribution in [3.63, 3.8) is 0 Å². The zero-order chi connectivity index (χ0) is 20.8. The predicted octanol–water partition coefficient (Wildman–Crippen LogP) is 1.96. The summed E-state index contributed by atoms with van der Waals surface area (Å²) in [5.74, 6) is 0.929. The quantitative estimate of drug-likeness (QED) is 0.850. The molecule has 2 atom stereocenters. The van der Waals surface area contributed by atoms with E-state index in [1.54, 1.807) is 4.90 Å². The Morgan fingerprint density at radius 2 is 1.76 bits per heavy atom. The van der Waals surface area contributed by atoms with Gasteiger partial charge >= 0.3 is 6.09 Å². The number of primary amides is 1. The molecule has 1 aromatic carbocycles. The van der Waals surface area contributed by atoms with Crippen LogP contribution >= 0.6 is 0 Å². The fraction of sp³-hybridized carbons (Fsp3) is 0.524. The average Bonchev–Trinajstić information content (AvgIpc) is 3.19. The lowest BCUT2D eigenvalue weighted by Crippen LogP contribution is -2.37. The van der Waals surface area contributed by atoms with Crippen LogP contribution in [-0.2, 0) is 16.0 Å². The molecule has 2 amide bonds. The summed E-state index contributed by atoms with van der Waals surface area (Å²) in [7, 11) is 0. The molecule has 1 aromatic heterocycles. The number of nitrogens with two attached hydrogens (primary N) is 1.